The zero-order chi connectivity index (χ0) is 9.15. The van der Waals surface area contributed by atoms with E-state index in [1.807, 2.05) is 0 Å². The van der Waals surface area contributed by atoms with Gasteiger partial charge in [-0.2, -0.15) is 5.26 Å². The molecule has 0 N–H and O–H groups in total. The van der Waals surface area contributed by atoms with Crippen LogP contribution in [0.4, 0.5) is 0 Å². The summed E-state index contributed by atoms with van der Waals surface area (Å²) in [6.07, 6.45) is 13.4. The highest BCUT2D eigenvalue weighted by Crippen LogP contribution is 2.43. The Morgan fingerprint density at radius 2 is 2.00 bits per heavy atom. The number of rotatable bonds is 1. The minimum absolute atomic E-state index is 0.120. The zero-order valence-electron chi connectivity index (χ0n) is 7.92. The van der Waals surface area contributed by atoms with Crippen LogP contribution in [-0.2, 0) is 0 Å². The molecule has 68 valence electrons. The van der Waals surface area contributed by atoms with Gasteiger partial charge in [0.15, 0.2) is 0 Å². The average Bonchev–Trinajstić information content (AvgIpc) is 2.72. The number of hydrogen-bond acceptors (Lipinski definition) is 1. The van der Waals surface area contributed by atoms with Crippen LogP contribution in [-0.4, -0.2) is 0 Å². The molecule has 1 nitrogen and oxygen atoms in total. The highest BCUT2D eigenvalue weighted by Gasteiger charge is 2.35. The Kier molecular flexibility index (Phi) is 2.22. The minimum Gasteiger partial charge on any atom is -0.197 e. The van der Waals surface area contributed by atoms with Crippen molar-refractivity contribution in [1.82, 2.24) is 0 Å². The molecule has 0 aliphatic heterocycles. The Balaban J connectivity index is 2.24. The zero-order valence-corrected chi connectivity index (χ0v) is 7.92. The first-order valence-corrected chi connectivity index (χ1v) is 5.16. The van der Waals surface area contributed by atoms with E-state index in [0.717, 1.165) is 19.3 Å². The lowest BCUT2D eigenvalue weighted by molar-refractivity contribution is 0.323. The highest BCUT2D eigenvalue weighted by atomic mass is 14.4. The molecule has 13 heavy (non-hydrogen) atoms. The van der Waals surface area contributed by atoms with Gasteiger partial charge >= 0.3 is 0 Å². The standard InChI is InChI=1S/C12H15N/c13-10-12(8-4-1-5-9-12)11-6-2-3-7-11/h2,6-7H,1,3-5,8-9H2. The van der Waals surface area contributed by atoms with Gasteiger partial charge in [0.2, 0.25) is 0 Å². The van der Waals surface area contributed by atoms with Gasteiger partial charge in [0.1, 0.15) is 0 Å². The van der Waals surface area contributed by atoms with Crippen LogP contribution in [0.25, 0.3) is 0 Å². The fraction of sp³-hybridized carbons (Fsp3) is 0.583. The van der Waals surface area contributed by atoms with Gasteiger partial charge in [0, 0.05) is 0 Å². The molecule has 0 atom stereocenters. The molecule has 0 aromatic rings. The van der Waals surface area contributed by atoms with E-state index in [1.54, 1.807) is 0 Å². The summed E-state index contributed by atoms with van der Waals surface area (Å²) >= 11 is 0. The third-order valence-electron chi connectivity index (χ3n) is 3.24. The third-order valence-corrected chi connectivity index (χ3v) is 3.24. The normalized spacial score (nSPS) is 25.3. The second-order valence-corrected chi connectivity index (χ2v) is 4.05. The molecule has 2 aliphatic carbocycles. The monoisotopic (exact) mass is 173 g/mol. The Bertz CT molecular complexity index is 285. The molecule has 0 spiro atoms. The fourth-order valence-electron chi connectivity index (χ4n) is 2.43. The van der Waals surface area contributed by atoms with E-state index in [9.17, 15) is 5.26 Å². The number of allylic oxidation sites excluding steroid dienone is 4. The highest BCUT2D eigenvalue weighted by molar-refractivity contribution is 5.37. The van der Waals surface area contributed by atoms with E-state index in [4.69, 9.17) is 0 Å². The van der Waals surface area contributed by atoms with Crippen LogP contribution in [0.2, 0.25) is 0 Å². The molecule has 2 rings (SSSR count). The summed E-state index contributed by atoms with van der Waals surface area (Å²) in [6, 6.07) is 2.54. The van der Waals surface area contributed by atoms with Gasteiger partial charge in [-0.25, -0.2) is 0 Å². The van der Waals surface area contributed by atoms with Gasteiger partial charge < -0.3 is 0 Å². The average molecular weight is 173 g/mol. The van der Waals surface area contributed by atoms with Crippen LogP contribution in [0.1, 0.15) is 38.5 Å². The third kappa shape index (κ3) is 1.42. The summed E-state index contributed by atoms with van der Waals surface area (Å²) in [6.45, 7) is 0. The van der Waals surface area contributed by atoms with E-state index < -0.39 is 0 Å². The molecule has 0 unspecified atom stereocenters. The summed E-state index contributed by atoms with van der Waals surface area (Å²) in [5.41, 5.74) is 1.17. The Hall–Kier alpha value is -1.03. The lowest BCUT2D eigenvalue weighted by Gasteiger charge is -2.31. The van der Waals surface area contributed by atoms with Crippen molar-refractivity contribution < 1.29 is 0 Å². The summed E-state index contributed by atoms with van der Waals surface area (Å²) in [4.78, 5) is 0. The maximum absolute atomic E-state index is 9.28. The van der Waals surface area contributed by atoms with Crippen molar-refractivity contribution in [3.05, 3.63) is 23.8 Å². The molecule has 0 radical (unpaired) electrons. The Morgan fingerprint density at radius 1 is 1.23 bits per heavy atom. The summed E-state index contributed by atoms with van der Waals surface area (Å²) in [5, 5.41) is 9.28. The van der Waals surface area contributed by atoms with E-state index in [0.29, 0.717) is 0 Å². The van der Waals surface area contributed by atoms with Crippen LogP contribution in [0.5, 0.6) is 0 Å². The topological polar surface area (TPSA) is 23.8 Å². The van der Waals surface area contributed by atoms with E-state index in [-0.39, 0.29) is 5.41 Å². The van der Waals surface area contributed by atoms with Crippen molar-refractivity contribution in [1.29, 1.82) is 5.26 Å². The molecule has 0 amide bonds. The quantitative estimate of drug-likeness (QED) is 0.596. The molecule has 0 heterocycles. The second-order valence-electron chi connectivity index (χ2n) is 4.05. The lowest BCUT2D eigenvalue weighted by Crippen LogP contribution is -2.23. The first-order valence-electron chi connectivity index (χ1n) is 5.16. The van der Waals surface area contributed by atoms with Crippen molar-refractivity contribution >= 4 is 0 Å². The molecule has 1 saturated carbocycles. The number of nitrogens with zero attached hydrogens (tertiary/aromatic N) is 1. The molecule has 0 bridgehead atoms. The van der Waals surface area contributed by atoms with Gasteiger partial charge in [0.25, 0.3) is 0 Å². The lowest BCUT2D eigenvalue weighted by atomic mass is 9.70. The number of nitriles is 1. The van der Waals surface area contributed by atoms with Crippen molar-refractivity contribution in [2.24, 2.45) is 5.41 Å². The molecule has 0 saturated heterocycles. The fourth-order valence-corrected chi connectivity index (χ4v) is 2.43. The summed E-state index contributed by atoms with van der Waals surface area (Å²) in [7, 11) is 0. The van der Waals surface area contributed by atoms with Crippen molar-refractivity contribution in [3.8, 4) is 6.07 Å². The van der Waals surface area contributed by atoms with Crippen LogP contribution in [0.15, 0.2) is 23.8 Å². The molecule has 1 fully saturated rings. The summed E-state index contributed by atoms with van der Waals surface area (Å²) < 4.78 is 0. The maximum Gasteiger partial charge on any atom is 0.0819 e. The van der Waals surface area contributed by atoms with Crippen LogP contribution in [0.3, 0.4) is 0 Å². The van der Waals surface area contributed by atoms with Crippen molar-refractivity contribution in [2.75, 3.05) is 0 Å². The predicted octanol–water partition coefficient (Wildman–Crippen LogP) is 3.35. The number of hydrogen-bond donors (Lipinski definition) is 0. The van der Waals surface area contributed by atoms with Gasteiger partial charge in [-0.05, 0) is 24.8 Å². The van der Waals surface area contributed by atoms with Crippen LogP contribution < -0.4 is 0 Å². The first-order chi connectivity index (χ1) is 6.37. The summed E-state index contributed by atoms with van der Waals surface area (Å²) in [5.74, 6) is 0. The molecule has 2 aliphatic rings. The second kappa shape index (κ2) is 3.38. The van der Waals surface area contributed by atoms with E-state index in [2.05, 4.69) is 24.3 Å². The van der Waals surface area contributed by atoms with Gasteiger partial charge in [-0.3, -0.25) is 0 Å². The predicted molar refractivity (Wildman–Crippen MR) is 53.0 cm³/mol. The van der Waals surface area contributed by atoms with Crippen molar-refractivity contribution in [3.63, 3.8) is 0 Å². The van der Waals surface area contributed by atoms with E-state index in [1.165, 1.54) is 24.8 Å². The van der Waals surface area contributed by atoms with Gasteiger partial charge in [-0.1, -0.05) is 37.5 Å². The van der Waals surface area contributed by atoms with Crippen LogP contribution >= 0.6 is 0 Å². The smallest absolute Gasteiger partial charge is 0.0819 e. The minimum atomic E-state index is -0.120. The molecule has 0 aromatic carbocycles. The molecular weight excluding hydrogens is 158 g/mol. The molecule has 1 heteroatoms. The molecular formula is C12H15N. The molecule has 0 aromatic heterocycles. The van der Waals surface area contributed by atoms with E-state index >= 15 is 0 Å². The first kappa shape index (κ1) is 8.56. The SMILES string of the molecule is N#CC1(C2=CCC=C2)CCCCC1. The van der Waals surface area contributed by atoms with Gasteiger partial charge in [0.05, 0.1) is 11.5 Å². The largest absolute Gasteiger partial charge is 0.197 e. The van der Waals surface area contributed by atoms with Crippen molar-refractivity contribution in [2.45, 2.75) is 38.5 Å². The van der Waals surface area contributed by atoms with Crippen LogP contribution in [0, 0.1) is 16.7 Å². The maximum atomic E-state index is 9.28. The Morgan fingerprint density at radius 3 is 2.54 bits per heavy atom. The Labute approximate surface area is 79.8 Å². The van der Waals surface area contributed by atoms with Gasteiger partial charge in [-0.15, -0.1) is 0 Å².